The van der Waals surface area contributed by atoms with Crippen molar-refractivity contribution in [1.29, 1.82) is 0 Å². The minimum Gasteiger partial charge on any atom is -0.497 e. The third-order valence-electron chi connectivity index (χ3n) is 5.85. The third kappa shape index (κ3) is 3.64. The Morgan fingerprint density at radius 3 is 2.34 bits per heavy atom. The lowest BCUT2D eigenvalue weighted by Gasteiger charge is -2.36. The van der Waals surface area contributed by atoms with E-state index in [0.717, 1.165) is 33.8 Å². The number of hydrogen-bond acceptors (Lipinski definition) is 6. The molecular formula is C24H24N6O2. The Bertz CT molecular complexity index is 1240. The van der Waals surface area contributed by atoms with Gasteiger partial charge < -0.3 is 14.5 Å². The lowest BCUT2D eigenvalue weighted by Crippen LogP contribution is -2.49. The maximum absolute atomic E-state index is 12.9. The molecule has 0 unspecified atom stereocenters. The lowest BCUT2D eigenvalue weighted by atomic mass is 10.1. The molecule has 32 heavy (non-hydrogen) atoms. The number of rotatable bonds is 4. The van der Waals surface area contributed by atoms with Crippen molar-refractivity contribution in [3.05, 3.63) is 72.2 Å². The van der Waals surface area contributed by atoms with Gasteiger partial charge in [0.15, 0.2) is 0 Å². The molecule has 0 spiro atoms. The number of anilines is 1. The van der Waals surface area contributed by atoms with E-state index in [1.54, 1.807) is 11.6 Å². The van der Waals surface area contributed by atoms with Crippen molar-refractivity contribution in [3.63, 3.8) is 0 Å². The van der Waals surface area contributed by atoms with Gasteiger partial charge in [0.1, 0.15) is 17.9 Å². The Morgan fingerprint density at radius 2 is 1.66 bits per heavy atom. The van der Waals surface area contributed by atoms with Gasteiger partial charge in [0.05, 0.1) is 7.11 Å². The molecule has 8 nitrogen and oxygen atoms in total. The number of piperazine rings is 1. The number of nitrogens with zero attached hydrogens (tertiary/aromatic N) is 6. The molecule has 8 heteroatoms. The monoisotopic (exact) mass is 428 g/mol. The average Bonchev–Trinajstić information content (AvgIpc) is 3.33. The van der Waals surface area contributed by atoms with E-state index in [2.05, 4.69) is 20.0 Å². The lowest BCUT2D eigenvalue weighted by molar-refractivity contribution is 0.0746. The molecule has 1 aliphatic rings. The van der Waals surface area contributed by atoms with Crippen molar-refractivity contribution in [3.8, 4) is 16.9 Å². The third-order valence-corrected chi connectivity index (χ3v) is 5.85. The molecule has 0 atom stereocenters. The molecule has 0 radical (unpaired) electrons. The number of aryl methyl sites for hydroxylation is 1. The summed E-state index contributed by atoms with van der Waals surface area (Å²) in [5, 5.41) is 4.42. The molecule has 0 aliphatic carbocycles. The van der Waals surface area contributed by atoms with Crippen LogP contribution in [0.25, 0.3) is 16.9 Å². The highest BCUT2D eigenvalue weighted by molar-refractivity contribution is 5.94. The van der Waals surface area contributed by atoms with E-state index in [-0.39, 0.29) is 5.91 Å². The van der Waals surface area contributed by atoms with E-state index in [4.69, 9.17) is 4.74 Å². The van der Waals surface area contributed by atoms with Gasteiger partial charge in [-0.25, -0.2) is 4.98 Å². The fourth-order valence-electron chi connectivity index (χ4n) is 4.05. The van der Waals surface area contributed by atoms with Gasteiger partial charge in [-0.2, -0.15) is 14.6 Å². The highest BCUT2D eigenvalue weighted by Crippen LogP contribution is 2.32. The molecule has 0 saturated carbocycles. The Hall–Kier alpha value is -3.94. The van der Waals surface area contributed by atoms with Crippen LogP contribution >= 0.6 is 0 Å². The molecule has 1 saturated heterocycles. The first-order valence-electron chi connectivity index (χ1n) is 10.6. The summed E-state index contributed by atoms with van der Waals surface area (Å²) in [5.41, 5.74) is 3.85. The van der Waals surface area contributed by atoms with Crippen LogP contribution in [0.15, 0.2) is 61.1 Å². The maximum Gasteiger partial charge on any atom is 0.254 e. The minimum atomic E-state index is 0.0701. The molecule has 4 aromatic rings. The van der Waals surface area contributed by atoms with Gasteiger partial charge in [-0.15, -0.1) is 0 Å². The largest absolute Gasteiger partial charge is 0.497 e. The summed E-state index contributed by atoms with van der Waals surface area (Å²) in [7, 11) is 1.65. The summed E-state index contributed by atoms with van der Waals surface area (Å²) in [4.78, 5) is 25.8. The van der Waals surface area contributed by atoms with E-state index in [1.165, 1.54) is 6.33 Å². The van der Waals surface area contributed by atoms with Gasteiger partial charge in [0.25, 0.3) is 11.7 Å². The summed E-state index contributed by atoms with van der Waals surface area (Å²) in [5.74, 6) is 2.35. The molecule has 5 rings (SSSR count). The van der Waals surface area contributed by atoms with Crippen LogP contribution in [0, 0.1) is 6.92 Å². The summed E-state index contributed by atoms with van der Waals surface area (Å²) in [6, 6.07) is 15.6. The second kappa shape index (κ2) is 8.30. The van der Waals surface area contributed by atoms with Crippen LogP contribution in [-0.2, 0) is 0 Å². The fourth-order valence-corrected chi connectivity index (χ4v) is 4.05. The van der Waals surface area contributed by atoms with Crippen LogP contribution in [0.1, 0.15) is 15.9 Å². The molecule has 2 aromatic heterocycles. The first-order chi connectivity index (χ1) is 15.6. The van der Waals surface area contributed by atoms with Crippen molar-refractivity contribution >= 4 is 17.5 Å². The first-order valence-corrected chi connectivity index (χ1v) is 10.6. The van der Waals surface area contributed by atoms with Gasteiger partial charge in [-0.05, 0) is 36.8 Å². The highest BCUT2D eigenvalue weighted by Gasteiger charge is 2.26. The molecule has 162 valence electrons. The van der Waals surface area contributed by atoms with Crippen LogP contribution in [-0.4, -0.2) is 63.7 Å². The number of hydrogen-bond donors (Lipinski definition) is 0. The SMILES string of the molecule is COc1ccc(-c2cnc3ncnn3c2N2CCN(C(=O)c3ccc(C)cc3)CC2)cc1. The van der Waals surface area contributed by atoms with Crippen LogP contribution in [0.5, 0.6) is 5.75 Å². The predicted octanol–water partition coefficient (Wildman–Crippen LogP) is 3.07. The van der Waals surface area contributed by atoms with Crippen LogP contribution in [0.4, 0.5) is 5.82 Å². The molecular weight excluding hydrogens is 404 g/mol. The number of ether oxygens (including phenoxy) is 1. The smallest absolute Gasteiger partial charge is 0.254 e. The number of aromatic nitrogens is 4. The second-order valence-electron chi connectivity index (χ2n) is 7.84. The van der Waals surface area contributed by atoms with Crippen molar-refractivity contribution in [1.82, 2.24) is 24.5 Å². The summed E-state index contributed by atoms with van der Waals surface area (Å²) in [6.45, 7) is 4.67. The number of carbonyl (C=O) groups is 1. The Balaban J connectivity index is 1.43. The summed E-state index contributed by atoms with van der Waals surface area (Å²) in [6.07, 6.45) is 3.35. The zero-order valence-corrected chi connectivity index (χ0v) is 18.1. The van der Waals surface area contributed by atoms with Crippen molar-refractivity contribution in [2.75, 3.05) is 38.2 Å². The summed E-state index contributed by atoms with van der Waals surface area (Å²) >= 11 is 0. The van der Waals surface area contributed by atoms with Crippen molar-refractivity contribution in [2.24, 2.45) is 0 Å². The zero-order valence-electron chi connectivity index (χ0n) is 18.1. The first kappa shape index (κ1) is 20.0. The second-order valence-corrected chi connectivity index (χ2v) is 7.84. The Morgan fingerprint density at radius 1 is 0.938 bits per heavy atom. The number of amides is 1. The molecule has 1 aliphatic heterocycles. The van der Waals surface area contributed by atoms with Gasteiger partial charge in [0.2, 0.25) is 0 Å². The Kier molecular flexibility index (Phi) is 5.18. The molecule has 2 aromatic carbocycles. The predicted molar refractivity (Wildman–Crippen MR) is 122 cm³/mol. The van der Waals surface area contributed by atoms with Crippen molar-refractivity contribution < 1.29 is 9.53 Å². The zero-order chi connectivity index (χ0) is 22.1. The molecule has 0 bridgehead atoms. The van der Waals surface area contributed by atoms with E-state index in [9.17, 15) is 4.79 Å². The average molecular weight is 428 g/mol. The van der Waals surface area contributed by atoms with Crippen molar-refractivity contribution in [2.45, 2.75) is 6.92 Å². The standard InChI is InChI=1S/C24H24N6O2/c1-17-3-5-19(6-4-17)23(31)29-13-11-28(12-14-29)22-21(15-25-24-26-16-27-30(22)24)18-7-9-20(32-2)10-8-18/h3-10,15-16H,11-14H2,1-2H3. The van der Waals surface area contributed by atoms with Gasteiger partial charge in [0, 0.05) is 43.5 Å². The molecule has 1 fully saturated rings. The van der Waals surface area contributed by atoms with Crippen LogP contribution in [0.3, 0.4) is 0 Å². The van der Waals surface area contributed by atoms with Gasteiger partial charge in [-0.3, -0.25) is 4.79 Å². The fraction of sp³-hybridized carbons (Fsp3) is 0.250. The maximum atomic E-state index is 12.9. The normalized spacial score (nSPS) is 14.1. The van der Waals surface area contributed by atoms with E-state index >= 15 is 0 Å². The Labute approximate surface area is 186 Å². The number of fused-ring (bicyclic) bond motifs is 1. The molecule has 3 heterocycles. The highest BCUT2D eigenvalue weighted by atomic mass is 16.5. The minimum absolute atomic E-state index is 0.0701. The van der Waals surface area contributed by atoms with Crippen LogP contribution in [0.2, 0.25) is 0 Å². The quantitative estimate of drug-likeness (QED) is 0.497. The molecule has 1 amide bonds. The van der Waals surface area contributed by atoms with E-state index in [1.807, 2.05) is 66.6 Å². The van der Waals surface area contributed by atoms with E-state index < -0.39 is 0 Å². The van der Waals surface area contributed by atoms with Crippen LogP contribution < -0.4 is 9.64 Å². The molecule has 0 N–H and O–H groups in total. The van der Waals surface area contributed by atoms with Gasteiger partial charge in [-0.1, -0.05) is 29.8 Å². The summed E-state index contributed by atoms with van der Waals surface area (Å²) < 4.78 is 7.07. The number of benzene rings is 2. The van der Waals surface area contributed by atoms with E-state index in [0.29, 0.717) is 32.0 Å². The topological polar surface area (TPSA) is 75.9 Å². The number of carbonyl (C=O) groups excluding carboxylic acids is 1. The number of methoxy groups -OCH3 is 1. The van der Waals surface area contributed by atoms with Gasteiger partial charge >= 0.3 is 0 Å².